The monoisotopic (exact) mass is 278 g/mol. The van der Waals surface area contributed by atoms with Gasteiger partial charge in [-0.15, -0.1) is 11.3 Å². The molecule has 0 bridgehead atoms. The number of benzene rings is 1. The fourth-order valence-corrected chi connectivity index (χ4v) is 2.65. The fraction of sp³-hybridized carbons (Fsp3) is 0.214. The summed E-state index contributed by atoms with van der Waals surface area (Å²) >= 11 is 1.60. The van der Waals surface area contributed by atoms with Crippen molar-refractivity contribution < 1.29 is 9.18 Å². The largest absolute Gasteiger partial charge is 0.396 e. The average molecular weight is 278 g/mol. The van der Waals surface area contributed by atoms with Crippen molar-refractivity contribution in [1.29, 1.82) is 0 Å². The number of hydrogen-bond donors (Lipinski definition) is 2. The maximum Gasteiger partial charge on any atom is 0.251 e. The summed E-state index contributed by atoms with van der Waals surface area (Å²) in [5.41, 5.74) is 5.82. The molecule has 1 aromatic heterocycles. The first-order valence-electron chi connectivity index (χ1n) is 6.01. The van der Waals surface area contributed by atoms with Crippen LogP contribution >= 0.6 is 11.3 Å². The lowest BCUT2D eigenvalue weighted by Crippen LogP contribution is -2.27. The van der Waals surface area contributed by atoms with Crippen molar-refractivity contribution in [1.82, 2.24) is 5.32 Å². The normalized spacial score (nSPS) is 12.1. The van der Waals surface area contributed by atoms with Gasteiger partial charge < -0.3 is 11.1 Å². The Hall–Kier alpha value is -1.88. The summed E-state index contributed by atoms with van der Waals surface area (Å²) in [6.45, 7) is 2.00. The van der Waals surface area contributed by atoms with Gasteiger partial charge in [-0.05, 0) is 36.1 Å². The van der Waals surface area contributed by atoms with Gasteiger partial charge >= 0.3 is 0 Å². The number of amides is 1. The van der Waals surface area contributed by atoms with E-state index in [9.17, 15) is 9.18 Å². The summed E-state index contributed by atoms with van der Waals surface area (Å²) in [4.78, 5) is 13.2. The lowest BCUT2D eigenvalue weighted by Gasteiger charge is -2.15. The number of nitrogens with one attached hydrogen (secondary N) is 1. The van der Waals surface area contributed by atoms with E-state index in [0.29, 0.717) is 5.56 Å². The van der Waals surface area contributed by atoms with Crippen LogP contribution in [0, 0.1) is 5.82 Å². The molecule has 3 nitrogen and oxygen atoms in total. The predicted molar refractivity (Wildman–Crippen MR) is 75.6 cm³/mol. The van der Waals surface area contributed by atoms with E-state index >= 15 is 0 Å². The molecule has 100 valence electrons. The Morgan fingerprint density at radius 3 is 2.84 bits per heavy atom. The fourth-order valence-electron chi connectivity index (χ4n) is 1.79. The molecule has 1 unspecified atom stereocenters. The van der Waals surface area contributed by atoms with Crippen molar-refractivity contribution in [3.63, 3.8) is 0 Å². The van der Waals surface area contributed by atoms with Crippen molar-refractivity contribution in [2.75, 3.05) is 5.73 Å². The first-order valence-corrected chi connectivity index (χ1v) is 6.89. The number of carbonyl (C=O) groups excluding carboxylic acids is 1. The molecule has 0 aliphatic carbocycles. The van der Waals surface area contributed by atoms with Gasteiger partial charge in [0, 0.05) is 10.4 Å². The second kappa shape index (κ2) is 5.84. The Labute approximate surface area is 115 Å². The van der Waals surface area contributed by atoms with E-state index < -0.39 is 5.82 Å². The molecule has 1 amide bonds. The minimum atomic E-state index is -0.512. The molecule has 0 spiro atoms. The number of halogens is 1. The van der Waals surface area contributed by atoms with Crippen molar-refractivity contribution in [3.05, 3.63) is 52.0 Å². The zero-order valence-electron chi connectivity index (χ0n) is 10.5. The second-order valence-electron chi connectivity index (χ2n) is 4.19. The Balaban J connectivity index is 2.13. The van der Waals surface area contributed by atoms with Gasteiger partial charge in [0.05, 0.1) is 11.7 Å². The van der Waals surface area contributed by atoms with Crippen LogP contribution in [0.5, 0.6) is 0 Å². The number of carbonyl (C=O) groups is 1. The van der Waals surface area contributed by atoms with Crippen molar-refractivity contribution in [2.24, 2.45) is 0 Å². The van der Waals surface area contributed by atoms with Crippen molar-refractivity contribution in [3.8, 4) is 0 Å². The molecule has 3 N–H and O–H groups in total. The van der Waals surface area contributed by atoms with Crippen LogP contribution in [0.2, 0.25) is 0 Å². The third-order valence-electron chi connectivity index (χ3n) is 2.86. The van der Waals surface area contributed by atoms with E-state index in [2.05, 4.69) is 5.32 Å². The molecule has 1 heterocycles. The van der Waals surface area contributed by atoms with Crippen LogP contribution in [0.25, 0.3) is 0 Å². The van der Waals surface area contributed by atoms with Crippen molar-refractivity contribution >= 4 is 22.9 Å². The quantitative estimate of drug-likeness (QED) is 0.843. The van der Waals surface area contributed by atoms with E-state index in [1.807, 2.05) is 24.4 Å². The number of hydrogen-bond acceptors (Lipinski definition) is 3. The van der Waals surface area contributed by atoms with Gasteiger partial charge in [0.1, 0.15) is 5.82 Å². The smallest absolute Gasteiger partial charge is 0.251 e. The van der Waals surface area contributed by atoms with Crippen LogP contribution in [-0.4, -0.2) is 5.91 Å². The van der Waals surface area contributed by atoms with E-state index in [0.717, 1.165) is 11.3 Å². The highest BCUT2D eigenvalue weighted by atomic mass is 32.1. The highest BCUT2D eigenvalue weighted by Crippen LogP contribution is 2.22. The number of anilines is 1. The highest BCUT2D eigenvalue weighted by Gasteiger charge is 2.15. The molecule has 0 aliphatic rings. The summed E-state index contributed by atoms with van der Waals surface area (Å²) in [5.74, 6) is -0.756. The van der Waals surface area contributed by atoms with E-state index in [-0.39, 0.29) is 17.6 Å². The van der Waals surface area contributed by atoms with Gasteiger partial charge in [-0.3, -0.25) is 4.79 Å². The Morgan fingerprint density at radius 1 is 1.47 bits per heavy atom. The Morgan fingerprint density at radius 2 is 2.26 bits per heavy atom. The minimum Gasteiger partial charge on any atom is -0.396 e. The zero-order valence-corrected chi connectivity index (χ0v) is 11.3. The number of thiophene rings is 1. The molecule has 1 atom stereocenters. The number of rotatable bonds is 4. The lowest BCUT2D eigenvalue weighted by molar-refractivity contribution is 0.0936. The third-order valence-corrected chi connectivity index (χ3v) is 3.84. The maximum atomic E-state index is 13.1. The summed E-state index contributed by atoms with van der Waals surface area (Å²) < 4.78 is 13.1. The summed E-state index contributed by atoms with van der Waals surface area (Å²) in [7, 11) is 0. The SMILES string of the molecule is CCC(NC(=O)c1ccc(F)c(N)c1)c1cccs1. The molecule has 2 rings (SSSR count). The van der Waals surface area contributed by atoms with E-state index in [1.54, 1.807) is 11.3 Å². The van der Waals surface area contributed by atoms with Gasteiger partial charge in [0.25, 0.3) is 5.91 Å². The molecule has 0 fully saturated rings. The van der Waals surface area contributed by atoms with Crippen LogP contribution in [0.1, 0.15) is 34.6 Å². The molecule has 1 aromatic carbocycles. The summed E-state index contributed by atoms with van der Waals surface area (Å²) in [6, 6.07) is 7.89. The van der Waals surface area contributed by atoms with E-state index in [1.165, 1.54) is 18.2 Å². The molecule has 2 aromatic rings. The lowest BCUT2D eigenvalue weighted by atomic mass is 10.1. The molecular weight excluding hydrogens is 263 g/mol. The molecule has 0 radical (unpaired) electrons. The van der Waals surface area contributed by atoms with Gasteiger partial charge in [0.15, 0.2) is 0 Å². The Kier molecular flexibility index (Phi) is 4.16. The highest BCUT2D eigenvalue weighted by molar-refractivity contribution is 7.10. The second-order valence-corrected chi connectivity index (χ2v) is 5.17. The predicted octanol–water partition coefficient (Wildman–Crippen LogP) is 3.35. The van der Waals surface area contributed by atoms with Gasteiger partial charge in [0.2, 0.25) is 0 Å². The van der Waals surface area contributed by atoms with Crippen molar-refractivity contribution in [2.45, 2.75) is 19.4 Å². The van der Waals surface area contributed by atoms with Gasteiger partial charge in [-0.2, -0.15) is 0 Å². The summed E-state index contributed by atoms with van der Waals surface area (Å²) in [6.07, 6.45) is 0.795. The zero-order chi connectivity index (χ0) is 13.8. The topological polar surface area (TPSA) is 55.1 Å². The van der Waals surface area contributed by atoms with Crippen LogP contribution in [0.4, 0.5) is 10.1 Å². The van der Waals surface area contributed by atoms with Gasteiger partial charge in [-0.1, -0.05) is 13.0 Å². The first kappa shape index (κ1) is 13.5. The molecule has 0 saturated carbocycles. The summed E-state index contributed by atoms with van der Waals surface area (Å²) in [5, 5.41) is 4.90. The van der Waals surface area contributed by atoms with Crippen LogP contribution in [0.15, 0.2) is 35.7 Å². The minimum absolute atomic E-state index is 0.0168. The van der Waals surface area contributed by atoms with Crippen LogP contribution in [0.3, 0.4) is 0 Å². The third kappa shape index (κ3) is 3.12. The van der Waals surface area contributed by atoms with Gasteiger partial charge in [-0.25, -0.2) is 4.39 Å². The molecule has 19 heavy (non-hydrogen) atoms. The number of nitrogen functional groups attached to an aromatic ring is 1. The molecule has 5 heteroatoms. The Bertz CT molecular complexity index is 569. The molecule has 0 saturated heterocycles. The molecular formula is C14H15FN2OS. The van der Waals surface area contributed by atoms with Crippen LogP contribution in [-0.2, 0) is 0 Å². The average Bonchev–Trinajstić information content (AvgIpc) is 2.92. The number of nitrogens with two attached hydrogens (primary N) is 1. The van der Waals surface area contributed by atoms with Crippen LogP contribution < -0.4 is 11.1 Å². The first-order chi connectivity index (χ1) is 9.11. The standard InChI is InChI=1S/C14H15FN2OS/c1-2-12(13-4-3-7-19-13)17-14(18)9-5-6-10(15)11(16)8-9/h3-8,12H,2,16H2,1H3,(H,17,18). The van der Waals surface area contributed by atoms with E-state index in [4.69, 9.17) is 5.73 Å². The molecule has 0 aliphatic heterocycles. The maximum absolute atomic E-state index is 13.1.